The number of nitrogens with zero attached hydrogens (tertiary/aromatic N) is 3. The molecule has 0 spiro atoms. The van der Waals surface area contributed by atoms with Gasteiger partial charge in [-0.3, -0.25) is 0 Å². The molecule has 0 bridgehead atoms. The molecule has 1 aromatic heterocycles. The number of halogens is 1. The van der Waals surface area contributed by atoms with E-state index in [9.17, 15) is 0 Å². The summed E-state index contributed by atoms with van der Waals surface area (Å²) >= 11 is 5.64. The maximum atomic E-state index is 5.64. The highest BCUT2D eigenvalue weighted by molar-refractivity contribution is 6.28. The number of aryl methyl sites for hydroxylation is 1. The molecule has 1 aromatic carbocycles. The molecule has 2 aromatic rings. The number of hydrogen-bond donors (Lipinski definition) is 1. The average Bonchev–Trinajstić information content (AvgIpc) is 2.29. The Morgan fingerprint density at radius 2 is 2.25 bits per heavy atom. The second-order valence-electron chi connectivity index (χ2n) is 3.29. The number of anilines is 2. The van der Waals surface area contributed by atoms with E-state index in [-0.39, 0.29) is 5.28 Å². The zero-order valence-electron chi connectivity index (χ0n) is 8.81. The Bertz CT molecular complexity index is 487. The smallest absolute Gasteiger partial charge is 0.244 e. The molecular weight excluding hydrogens is 224 g/mol. The molecular formula is C11H11ClN4. The van der Waals surface area contributed by atoms with E-state index in [1.165, 1.54) is 11.8 Å². The molecule has 0 radical (unpaired) electrons. The van der Waals surface area contributed by atoms with Gasteiger partial charge in [0.1, 0.15) is 0 Å². The Hall–Kier alpha value is -1.68. The van der Waals surface area contributed by atoms with E-state index < -0.39 is 0 Å². The third-order valence-corrected chi connectivity index (χ3v) is 2.30. The number of hydrogen-bond acceptors (Lipinski definition) is 4. The van der Waals surface area contributed by atoms with Crippen molar-refractivity contribution in [2.75, 3.05) is 5.32 Å². The van der Waals surface area contributed by atoms with Crippen LogP contribution in [0.5, 0.6) is 0 Å². The van der Waals surface area contributed by atoms with Crippen molar-refractivity contribution in [2.45, 2.75) is 13.3 Å². The summed E-state index contributed by atoms with van der Waals surface area (Å²) < 4.78 is 0. The van der Waals surface area contributed by atoms with Gasteiger partial charge in [0.2, 0.25) is 5.28 Å². The average molecular weight is 235 g/mol. The van der Waals surface area contributed by atoms with Gasteiger partial charge in [0.05, 0.1) is 6.20 Å². The summed E-state index contributed by atoms with van der Waals surface area (Å²) in [6, 6.07) is 8.11. The molecule has 1 N–H and O–H groups in total. The Morgan fingerprint density at radius 1 is 1.38 bits per heavy atom. The van der Waals surface area contributed by atoms with Crippen molar-refractivity contribution in [1.82, 2.24) is 15.2 Å². The molecule has 0 aliphatic rings. The van der Waals surface area contributed by atoms with Crippen molar-refractivity contribution in [2.24, 2.45) is 0 Å². The molecule has 0 aliphatic carbocycles. The number of nitrogens with one attached hydrogen (secondary N) is 1. The van der Waals surface area contributed by atoms with Gasteiger partial charge in [-0.05, 0) is 35.7 Å². The maximum absolute atomic E-state index is 5.64. The lowest BCUT2D eigenvalue weighted by Gasteiger charge is -2.06. The van der Waals surface area contributed by atoms with E-state index in [1.54, 1.807) is 0 Å². The van der Waals surface area contributed by atoms with Gasteiger partial charge in [0, 0.05) is 5.69 Å². The second kappa shape index (κ2) is 4.90. The van der Waals surface area contributed by atoms with E-state index in [4.69, 9.17) is 11.6 Å². The molecule has 0 fully saturated rings. The third-order valence-electron chi connectivity index (χ3n) is 2.14. The summed E-state index contributed by atoms with van der Waals surface area (Å²) in [5, 5.41) is 10.6. The van der Waals surface area contributed by atoms with E-state index in [2.05, 4.69) is 39.6 Å². The predicted octanol–water partition coefficient (Wildman–Crippen LogP) is 2.83. The fourth-order valence-corrected chi connectivity index (χ4v) is 1.49. The molecule has 0 aliphatic heterocycles. The fraction of sp³-hybridized carbons (Fsp3) is 0.182. The number of aromatic nitrogens is 3. The minimum absolute atomic E-state index is 0.136. The summed E-state index contributed by atoms with van der Waals surface area (Å²) in [4.78, 5) is 4.00. The first kappa shape index (κ1) is 10.8. The molecule has 82 valence electrons. The molecule has 0 amide bonds. The Kier molecular flexibility index (Phi) is 3.31. The van der Waals surface area contributed by atoms with Gasteiger partial charge in [-0.15, -0.1) is 5.10 Å². The Labute approximate surface area is 98.7 Å². The molecule has 5 heteroatoms. The van der Waals surface area contributed by atoms with Crippen molar-refractivity contribution in [3.05, 3.63) is 41.3 Å². The van der Waals surface area contributed by atoms with Crippen LogP contribution in [-0.2, 0) is 6.42 Å². The number of benzene rings is 1. The second-order valence-corrected chi connectivity index (χ2v) is 3.63. The highest BCUT2D eigenvalue weighted by atomic mass is 35.5. The van der Waals surface area contributed by atoms with Crippen molar-refractivity contribution >= 4 is 23.1 Å². The minimum Gasteiger partial charge on any atom is -0.339 e. The Morgan fingerprint density at radius 3 is 3.00 bits per heavy atom. The zero-order valence-corrected chi connectivity index (χ0v) is 9.57. The quantitative estimate of drug-likeness (QED) is 0.887. The molecule has 2 rings (SSSR count). The normalized spacial score (nSPS) is 10.1. The first-order valence-corrected chi connectivity index (χ1v) is 5.37. The van der Waals surface area contributed by atoms with E-state index >= 15 is 0 Å². The predicted molar refractivity (Wildman–Crippen MR) is 63.9 cm³/mol. The van der Waals surface area contributed by atoms with Crippen LogP contribution >= 0.6 is 11.6 Å². The fourth-order valence-electron chi connectivity index (χ4n) is 1.36. The number of rotatable bonds is 3. The van der Waals surface area contributed by atoms with Crippen LogP contribution in [0.15, 0.2) is 30.5 Å². The summed E-state index contributed by atoms with van der Waals surface area (Å²) in [6.45, 7) is 2.11. The summed E-state index contributed by atoms with van der Waals surface area (Å²) in [5.74, 6) is 0.591. The molecule has 0 saturated carbocycles. The van der Waals surface area contributed by atoms with Crippen LogP contribution in [0.1, 0.15) is 12.5 Å². The third kappa shape index (κ3) is 2.67. The van der Waals surface area contributed by atoms with Gasteiger partial charge >= 0.3 is 0 Å². The summed E-state index contributed by atoms with van der Waals surface area (Å²) in [5.41, 5.74) is 2.23. The van der Waals surface area contributed by atoms with Gasteiger partial charge in [-0.2, -0.15) is 10.1 Å². The van der Waals surface area contributed by atoms with Crippen LogP contribution in [0, 0.1) is 0 Å². The van der Waals surface area contributed by atoms with Gasteiger partial charge in [-0.1, -0.05) is 19.1 Å². The van der Waals surface area contributed by atoms with E-state index in [1.807, 2.05) is 12.1 Å². The van der Waals surface area contributed by atoms with Crippen LogP contribution in [-0.4, -0.2) is 15.2 Å². The standard InChI is InChI=1S/C11H11ClN4/c1-2-8-4-3-5-9(6-8)14-10-7-13-16-11(12)15-10/h3-7H,2H2,1H3,(H,14,15,16). The van der Waals surface area contributed by atoms with E-state index in [0.29, 0.717) is 5.82 Å². The van der Waals surface area contributed by atoms with Crippen LogP contribution in [0.2, 0.25) is 5.28 Å². The van der Waals surface area contributed by atoms with Crippen molar-refractivity contribution < 1.29 is 0 Å². The topological polar surface area (TPSA) is 50.7 Å². The highest BCUT2D eigenvalue weighted by Crippen LogP contribution is 2.16. The monoisotopic (exact) mass is 234 g/mol. The Balaban J connectivity index is 2.20. The molecule has 0 atom stereocenters. The lowest BCUT2D eigenvalue weighted by Crippen LogP contribution is -1.97. The van der Waals surface area contributed by atoms with E-state index in [0.717, 1.165) is 12.1 Å². The van der Waals surface area contributed by atoms with Crippen LogP contribution in [0.25, 0.3) is 0 Å². The first-order valence-electron chi connectivity index (χ1n) is 4.99. The van der Waals surface area contributed by atoms with Gasteiger partial charge in [0.15, 0.2) is 5.82 Å². The van der Waals surface area contributed by atoms with Crippen LogP contribution in [0.4, 0.5) is 11.5 Å². The molecule has 0 unspecified atom stereocenters. The van der Waals surface area contributed by atoms with Gasteiger partial charge in [0.25, 0.3) is 0 Å². The SMILES string of the molecule is CCc1cccc(Nc2cnnc(Cl)n2)c1. The molecule has 1 heterocycles. The lowest BCUT2D eigenvalue weighted by atomic mass is 10.1. The zero-order chi connectivity index (χ0) is 11.4. The minimum atomic E-state index is 0.136. The summed E-state index contributed by atoms with van der Waals surface area (Å²) in [7, 11) is 0. The first-order chi connectivity index (χ1) is 7.78. The largest absolute Gasteiger partial charge is 0.339 e. The van der Waals surface area contributed by atoms with Crippen molar-refractivity contribution in [3.8, 4) is 0 Å². The maximum Gasteiger partial charge on any atom is 0.244 e. The van der Waals surface area contributed by atoms with Gasteiger partial charge in [-0.25, -0.2) is 0 Å². The van der Waals surface area contributed by atoms with Gasteiger partial charge < -0.3 is 5.32 Å². The molecule has 0 saturated heterocycles. The lowest BCUT2D eigenvalue weighted by molar-refractivity contribution is 0.974. The van der Waals surface area contributed by atoms with Crippen LogP contribution in [0.3, 0.4) is 0 Å². The summed E-state index contributed by atoms with van der Waals surface area (Å²) in [6.07, 6.45) is 2.53. The van der Waals surface area contributed by atoms with Crippen molar-refractivity contribution in [1.29, 1.82) is 0 Å². The van der Waals surface area contributed by atoms with Crippen LogP contribution < -0.4 is 5.32 Å². The highest BCUT2D eigenvalue weighted by Gasteiger charge is 1.99. The molecule has 16 heavy (non-hydrogen) atoms. The molecule has 4 nitrogen and oxygen atoms in total. The van der Waals surface area contributed by atoms with Crippen molar-refractivity contribution in [3.63, 3.8) is 0 Å².